The summed E-state index contributed by atoms with van der Waals surface area (Å²) in [5.41, 5.74) is -0.506. The first-order valence-corrected chi connectivity index (χ1v) is 9.89. The molecule has 3 amide bonds. The topological polar surface area (TPSA) is 154 Å². The highest BCUT2D eigenvalue weighted by atomic mass is 16.6. The largest absolute Gasteiger partial charge is 0.507 e. The molecule has 0 spiro atoms. The lowest BCUT2D eigenvalue weighted by atomic mass is 10.00. The van der Waals surface area contributed by atoms with Crippen LogP contribution in [-0.4, -0.2) is 70.9 Å². The number of para-hydroxylation sites is 1. The zero-order valence-corrected chi connectivity index (χ0v) is 19.2. The number of rotatable bonds is 8. The van der Waals surface area contributed by atoms with Crippen LogP contribution in [0.3, 0.4) is 0 Å². The molecule has 0 saturated carbocycles. The summed E-state index contributed by atoms with van der Waals surface area (Å²) in [7, 11) is 1.13. The number of aryl methyl sites for hydroxylation is 1. The zero-order valence-electron chi connectivity index (χ0n) is 19.2. The zero-order chi connectivity index (χ0) is 25.3. The molecule has 33 heavy (non-hydrogen) atoms. The van der Waals surface area contributed by atoms with Crippen molar-refractivity contribution in [1.82, 2.24) is 15.5 Å². The van der Waals surface area contributed by atoms with Crippen LogP contribution in [0.25, 0.3) is 0 Å². The van der Waals surface area contributed by atoms with Gasteiger partial charge in [0.1, 0.15) is 23.9 Å². The highest BCUT2D eigenvalue weighted by Gasteiger charge is 2.37. The molecule has 0 aliphatic rings. The number of nitrogens with one attached hydrogen (secondary N) is 2. The summed E-state index contributed by atoms with van der Waals surface area (Å²) >= 11 is 0. The van der Waals surface area contributed by atoms with Gasteiger partial charge in [-0.1, -0.05) is 24.6 Å². The molecule has 1 aromatic rings. The number of aliphatic hydroxyl groups excluding tert-OH is 1. The Hall–Kier alpha value is -3.78. The number of alkyl carbamates (subject to hydrolysis) is 1. The Morgan fingerprint density at radius 3 is 2.39 bits per heavy atom. The van der Waals surface area contributed by atoms with E-state index >= 15 is 0 Å². The van der Waals surface area contributed by atoms with Gasteiger partial charge in [-0.05, 0) is 33.3 Å². The smallest absolute Gasteiger partial charge is 0.408 e. The Kier molecular flexibility index (Phi) is 9.69. The monoisotopic (exact) mass is 463 g/mol. The summed E-state index contributed by atoms with van der Waals surface area (Å²) < 4.78 is 9.57. The third kappa shape index (κ3) is 7.69. The molecule has 0 radical (unpaired) electrons. The fourth-order valence-electron chi connectivity index (χ4n) is 2.70. The third-order valence-corrected chi connectivity index (χ3v) is 4.25. The van der Waals surface area contributed by atoms with Crippen LogP contribution >= 0.6 is 0 Å². The summed E-state index contributed by atoms with van der Waals surface area (Å²) in [5.74, 6) is -2.98. The quantitative estimate of drug-likeness (QED) is 0.244. The van der Waals surface area contributed by atoms with E-state index in [2.05, 4.69) is 21.4 Å². The minimum absolute atomic E-state index is 0.0300. The van der Waals surface area contributed by atoms with Crippen LogP contribution in [0.1, 0.15) is 37.9 Å². The summed E-state index contributed by atoms with van der Waals surface area (Å²) in [6.07, 6.45) is 4.53. The van der Waals surface area contributed by atoms with Gasteiger partial charge in [-0.25, -0.2) is 4.79 Å². The molecule has 1 aromatic carbocycles. The number of phenolic OH excluding ortho intramolecular Hbond substituents is 1. The average molecular weight is 463 g/mol. The van der Waals surface area contributed by atoms with E-state index in [0.717, 1.165) is 7.11 Å². The van der Waals surface area contributed by atoms with Gasteiger partial charge < -0.3 is 30.3 Å². The number of carbonyl (C=O) groups is 4. The number of benzene rings is 1. The van der Waals surface area contributed by atoms with Crippen LogP contribution in [0.2, 0.25) is 0 Å². The Morgan fingerprint density at radius 2 is 1.88 bits per heavy atom. The molecule has 11 heteroatoms. The molecule has 0 aliphatic carbocycles. The molecule has 0 aliphatic heterocycles. The predicted octanol–water partition coefficient (Wildman–Crippen LogP) is 0.336. The lowest BCUT2D eigenvalue weighted by Gasteiger charge is -2.30. The molecule has 2 unspecified atom stereocenters. The Labute approximate surface area is 192 Å². The van der Waals surface area contributed by atoms with E-state index in [-0.39, 0.29) is 11.3 Å². The van der Waals surface area contributed by atoms with Crippen LogP contribution in [-0.2, 0) is 23.9 Å². The Bertz CT molecular complexity index is 933. The number of methoxy groups -OCH3 is 1. The number of aromatic hydroxyl groups is 1. The lowest BCUT2D eigenvalue weighted by molar-refractivity contribution is -0.143. The van der Waals surface area contributed by atoms with E-state index in [0.29, 0.717) is 10.5 Å². The van der Waals surface area contributed by atoms with Crippen LogP contribution in [0.5, 0.6) is 5.75 Å². The number of hydrogen-bond acceptors (Lipinski definition) is 8. The molecule has 1 rings (SSSR count). The summed E-state index contributed by atoms with van der Waals surface area (Å²) in [5, 5.41) is 24.7. The normalized spacial score (nSPS) is 12.5. The van der Waals surface area contributed by atoms with Crippen molar-refractivity contribution in [3.8, 4) is 18.2 Å². The maximum Gasteiger partial charge on any atom is 0.408 e. The van der Waals surface area contributed by atoms with Gasteiger partial charge in [0, 0.05) is 11.6 Å². The number of phenols is 1. The fourth-order valence-corrected chi connectivity index (χ4v) is 2.70. The van der Waals surface area contributed by atoms with Crippen LogP contribution in [0.15, 0.2) is 18.2 Å². The molecule has 0 aromatic heterocycles. The summed E-state index contributed by atoms with van der Waals surface area (Å²) in [4.78, 5) is 50.2. The second-order valence-electron chi connectivity index (χ2n) is 7.93. The molecule has 0 heterocycles. The number of esters is 1. The second-order valence-corrected chi connectivity index (χ2v) is 7.93. The van der Waals surface area contributed by atoms with Gasteiger partial charge in [0.2, 0.25) is 5.91 Å². The third-order valence-electron chi connectivity index (χ3n) is 4.25. The molecular formula is C22H29N3O8. The lowest BCUT2D eigenvalue weighted by Crippen LogP contribution is -2.53. The van der Waals surface area contributed by atoms with E-state index in [1.54, 1.807) is 33.8 Å². The van der Waals surface area contributed by atoms with E-state index in [9.17, 15) is 29.4 Å². The van der Waals surface area contributed by atoms with Crippen molar-refractivity contribution < 1.29 is 38.9 Å². The first kappa shape index (κ1) is 27.3. The highest BCUT2D eigenvalue weighted by Crippen LogP contribution is 2.31. The van der Waals surface area contributed by atoms with E-state index < -0.39 is 54.7 Å². The average Bonchev–Trinajstić information content (AvgIpc) is 2.74. The maximum atomic E-state index is 13.1. The number of hydrogen-bond donors (Lipinski definition) is 4. The van der Waals surface area contributed by atoms with Crippen molar-refractivity contribution in [3.63, 3.8) is 0 Å². The van der Waals surface area contributed by atoms with Crippen molar-refractivity contribution in [2.75, 3.05) is 20.3 Å². The molecule has 11 nitrogen and oxygen atoms in total. The second kappa shape index (κ2) is 11.7. The number of terminal acetylenes is 1. The van der Waals surface area contributed by atoms with Crippen LogP contribution in [0, 0.1) is 19.4 Å². The molecule has 0 bridgehead atoms. The first-order chi connectivity index (χ1) is 15.4. The Morgan fingerprint density at radius 1 is 1.24 bits per heavy atom. The van der Waals surface area contributed by atoms with E-state index in [4.69, 9.17) is 11.2 Å². The number of ether oxygens (including phenoxy) is 2. The molecule has 0 saturated heterocycles. The van der Waals surface area contributed by atoms with Crippen molar-refractivity contribution in [3.05, 3.63) is 29.3 Å². The molecule has 180 valence electrons. The SMILES string of the molecule is C#CN(C(=O)C(CO)NC(=O)OC(C)(C)C)C(C(=O)NCC(=O)OC)c1cccc(C)c1O. The number of aliphatic hydroxyl groups is 1. The molecule has 4 N–H and O–H groups in total. The minimum atomic E-state index is -1.60. The van der Waals surface area contributed by atoms with E-state index in [1.165, 1.54) is 12.1 Å². The fraction of sp³-hybridized carbons (Fsp3) is 0.455. The minimum Gasteiger partial charge on any atom is -0.507 e. The number of carbonyl (C=O) groups excluding carboxylic acids is 4. The van der Waals surface area contributed by atoms with Gasteiger partial charge in [-0.3, -0.25) is 19.3 Å². The predicted molar refractivity (Wildman–Crippen MR) is 117 cm³/mol. The summed E-state index contributed by atoms with van der Waals surface area (Å²) in [6.45, 7) is 5.02. The Balaban J connectivity index is 3.34. The van der Waals surface area contributed by atoms with Crippen molar-refractivity contribution in [2.45, 2.75) is 45.4 Å². The number of nitrogens with zero attached hydrogens (tertiary/aromatic N) is 1. The molecule has 0 fully saturated rings. The van der Waals surface area contributed by atoms with Gasteiger partial charge in [-0.15, -0.1) is 0 Å². The van der Waals surface area contributed by atoms with Crippen molar-refractivity contribution >= 4 is 23.9 Å². The van der Waals surface area contributed by atoms with Crippen molar-refractivity contribution in [1.29, 1.82) is 0 Å². The molecular weight excluding hydrogens is 434 g/mol. The van der Waals surface area contributed by atoms with Gasteiger partial charge in [-0.2, -0.15) is 0 Å². The maximum absolute atomic E-state index is 13.1. The van der Waals surface area contributed by atoms with Gasteiger partial charge >= 0.3 is 12.1 Å². The van der Waals surface area contributed by atoms with Gasteiger partial charge in [0.25, 0.3) is 5.91 Å². The van der Waals surface area contributed by atoms with Crippen molar-refractivity contribution in [2.24, 2.45) is 0 Å². The van der Waals surface area contributed by atoms with Gasteiger partial charge in [0.15, 0.2) is 6.04 Å². The van der Waals surface area contributed by atoms with Crippen LogP contribution < -0.4 is 10.6 Å². The van der Waals surface area contributed by atoms with Gasteiger partial charge in [0.05, 0.1) is 13.7 Å². The molecule has 2 atom stereocenters. The van der Waals surface area contributed by atoms with E-state index in [1.807, 2.05) is 0 Å². The van der Waals surface area contributed by atoms with Crippen LogP contribution in [0.4, 0.5) is 4.79 Å². The highest BCUT2D eigenvalue weighted by molar-refractivity contribution is 5.94. The number of amides is 3. The summed E-state index contributed by atoms with van der Waals surface area (Å²) in [6, 6.07) is 3.39. The standard InChI is InChI=1S/C22H29N3O8/c1-7-25(20(30)15(12-26)24-21(31)33-22(3,4)5)17(19(29)23-11-16(27)32-6)14-10-8-9-13(2)18(14)28/h1,8-10,15,17,26,28H,11-12H2,2-6H3,(H,23,29)(H,24,31). The first-order valence-electron chi connectivity index (χ1n) is 9.89.